The summed E-state index contributed by atoms with van der Waals surface area (Å²) in [6, 6.07) is 5.51. The lowest BCUT2D eigenvalue weighted by Gasteiger charge is -2.33. The Hall–Kier alpha value is -2.94. The van der Waals surface area contributed by atoms with E-state index in [1.165, 1.54) is 30.3 Å². The molecule has 9 nitrogen and oxygen atoms in total. The average molecular weight is 337 g/mol. The molecule has 0 aromatic heterocycles. The van der Waals surface area contributed by atoms with Crippen molar-refractivity contribution in [3.63, 3.8) is 0 Å². The fraction of sp³-hybridized carbons (Fsp3) is 0.333. The van der Waals surface area contributed by atoms with Gasteiger partial charge in [-0.3, -0.25) is 10.1 Å². The van der Waals surface area contributed by atoms with Crippen molar-refractivity contribution in [1.29, 1.82) is 0 Å². The molecular formula is C15H15NO8. The van der Waals surface area contributed by atoms with Gasteiger partial charge >= 0.3 is 17.7 Å². The maximum absolute atomic E-state index is 11.8. The predicted molar refractivity (Wildman–Crippen MR) is 78.6 cm³/mol. The number of nitrogens with zero attached hydrogens (tertiary/aromatic N) is 1. The molecule has 0 aliphatic carbocycles. The number of methoxy groups -OCH3 is 2. The molecule has 0 amide bonds. The third-order valence-electron chi connectivity index (χ3n) is 3.55. The van der Waals surface area contributed by atoms with Crippen molar-refractivity contribution in [2.24, 2.45) is 0 Å². The van der Waals surface area contributed by atoms with Gasteiger partial charge in [-0.25, -0.2) is 9.59 Å². The number of non-ortho nitro benzene ring substituents is 1. The van der Waals surface area contributed by atoms with E-state index >= 15 is 0 Å². The Morgan fingerprint density at radius 2 is 1.92 bits per heavy atom. The summed E-state index contributed by atoms with van der Waals surface area (Å²) in [4.78, 5) is 33.7. The molecule has 1 aromatic carbocycles. The first-order chi connectivity index (χ1) is 11.3. The molecule has 0 bridgehead atoms. The second kappa shape index (κ2) is 6.67. The molecule has 2 rings (SSSR count). The lowest BCUT2D eigenvalue weighted by molar-refractivity contribution is -0.384. The van der Waals surface area contributed by atoms with E-state index in [1.807, 2.05) is 0 Å². The third-order valence-corrected chi connectivity index (χ3v) is 3.55. The fourth-order valence-corrected chi connectivity index (χ4v) is 2.35. The first kappa shape index (κ1) is 17.4. The second-order valence-corrected chi connectivity index (χ2v) is 5.06. The number of nitro groups is 1. The van der Waals surface area contributed by atoms with Crippen LogP contribution in [0.1, 0.15) is 17.9 Å². The van der Waals surface area contributed by atoms with Gasteiger partial charge in [-0.15, -0.1) is 0 Å². The molecule has 0 saturated heterocycles. The highest BCUT2D eigenvalue weighted by Crippen LogP contribution is 2.37. The summed E-state index contributed by atoms with van der Waals surface area (Å²) in [5.41, 5.74) is 0.443. The summed E-state index contributed by atoms with van der Waals surface area (Å²) in [6.45, 7) is 0. The zero-order chi connectivity index (χ0) is 17.9. The van der Waals surface area contributed by atoms with Gasteiger partial charge in [-0.1, -0.05) is 12.1 Å². The van der Waals surface area contributed by atoms with Gasteiger partial charge in [0.25, 0.3) is 5.69 Å². The number of rotatable bonds is 4. The number of carbonyl (C=O) groups is 2. The van der Waals surface area contributed by atoms with Crippen LogP contribution in [0.15, 0.2) is 36.1 Å². The van der Waals surface area contributed by atoms with Crippen molar-refractivity contribution < 1.29 is 33.8 Å². The third kappa shape index (κ3) is 3.35. The van der Waals surface area contributed by atoms with E-state index in [2.05, 4.69) is 9.47 Å². The number of hydrogen-bond donors (Lipinski definition) is 1. The molecule has 0 spiro atoms. The fourth-order valence-electron chi connectivity index (χ4n) is 2.35. The van der Waals surface area contributed by atoms with Gasteiger partial charge in [0, 0.05) is 24.5 Å². The molecule has 1 aromatic rings. The Balaban J connectivity index is 2.40. The van der Waals surface area contributed by atoms with E-state index in [4.69, 9.17) is 4.74 Å². The van der Waals surface area contributed by atoms with Crippen LogP contribution in [0.5, 0.6) is 0 Å². The quantitative estimate of drug-likeness (QED) is 0.490. The normalized spacial score (nSPS) is 22.8. The number of aliphatic hydroxyl groups is 1. The van der Waals surface area contributed by atoms with Crippen LogP contribution >= 0.6 is 0 Å². The van der Waals surface area contributed by atoms with Gasteiger partial charge in [0.2, 0.25) is 5.76 Å². The molecule has 1 heterocycles. The maximum atomic E-state index is 11.8. The molecule has 0 radical (unpaired) electrons. The van der Waals surface area contributed by atoms with Crippen molar-refractivity contribution in [3.05, 3.63) is 51.8 Å². The first-order valence-electron chi connectivity index (χ1n) is 6.85. The zero-order valence-electron chi connectivity index (χ0n) is 12.9. The van der Waals surface area contributed by atoms with Crippen LogP contribution in [-0.4, -0.2) is 42.0 Å². The summed E-state index contributed by atoms with van der Waals surface area (Å²) in [5, 5.41) is 21.1. The molecule has 1 aliphatic rings. The van der Waals surface area contributed by atoms with E-state index in [1.54, 1.807) is 0 Å². The van der Waals surface area contributed by atoms with Crippen molar-refractivity contribution in [2.75, 3.05) is 14.2 Å². The van der Waals surface area contributed by atoms with Gasteiger partial charge in [0.1, 0.15) is 0 Å². The number of esters is 2. The van der Waals surface area contributed by atoms with Crippen molar-refractivity contribution in [1.82, 2.24) is 0 Å². The largest absolute Gasteiger partial charge is 0.464 e. The number of allylic oxidation sites excluding steroid dienone is 1. The minimum atomic E-state index is -2.36. The molecule has 0 unspecified atom stereocenters. The van der Waals surface area contributed by atoms with Crippen LogP contribution in [0.2, 0.25) is 0 Å². The standard InChI is InChI=1S/C15H15NO8/c1-22-13(17)12-7-10(8-15(19,24-12)14(18)23-2)9-3-5-11(6-4-9)16(20)21/h3-7,10,19H,8H2,1-2H3/t10-,15+/m0/s1. The smallest absolute Gasteiger partial charge is 0.379 e. The van der Waals surface area contributed by atoms with Gasteiger partial charge in [0.05, 0.1) is 19.1 Å². The molecule has 0 fully saturated rings. The van der Waals surface area contributed by atoms with Gasteiger partial charge < -0.3 is 19.3 Å². The van der Waals surface area contributed by atoms with E-state index < -0.39 is 28.6 Å². The topological polar surface area (TPSA) is 125 Å². The molecule has 0 saturated carbocycles. The minimum Gasteiger partial charge on any atom is -0.464 e. The summed E-state index contributed by atoms with van der Waals surface area (Å²) in [5.74, 6) is -5.26. The molecule has 24 heavy (non-hydrogen) atoms. The van der Waals surface area contributed by atoms with Gasteiger partial charge in [-0.2, -0.15) is 0 Å². The Kier molecular flexibility index (Phi) is 4.84. The molecule has 2 atom stereocenters. The van der Waals surface area contributed by atoms with E-state index in [-0.39, 0.29) is 17.9 Å². The number of nitro benzene ring substituents is 1. The molecule has 1 N–H and O–H groups in total. The highest BCUT2D eigenvalue weighted by atomic mass is 16.7. The average Bonchev–Trinajstić information content (AvgIpc) is 2.59. The monoisotopic (exact) mass is 337 g/mol. The Bertz CT molecular complexity index is 696. The van der Waals surface area contributed by atoms with Crippen molar-refractivity contribution >= 4 is 17.6 Å². The number of ether oxygens (including phenoxy) is 3. The Labute approximate surface area is 136 Å². The Morgan fingerprint density at radius 1 is 1.29 bits per heavy atom. The predicted octanol–water partition coefficient (Wildman–Crippen LogP) is 1.02. The Morgan fingerprint density at radius 3 is 2.42 bits per heavy atom. The second-order valence-electron chi connectivity index (χ2n) is 5.06. The maximum Gasteiger partial charge on any atom is 0.379 e. The molecule has 128 valence electrons. The van der Waals surface area contributed by atoms with Crippen LogP contribution in [-0.2, 0) is 23.8 Å². The summed E-state index contributed by atoms with van der Waals surface area (Å²) in [6.07, 6.45) is 1.16. The van der Waals surface area contributed by atoms with Gasteiger partial charge in [-0.05, 0) is 11.6 Å². The van der Waals surface area contributed by atoms with Crippen LogP contribution in [0, 0.1) is 10.1 Å². The number of benzene rings is 1. The van der Waals surface area contributed by atoms with E-state index in [9.17, 15) is 24.8 Å². The highest BCUT2D eigenvalue weighted by Gasteiger charge is 2.47. The summed E-state index contributed by atoms with van der Waals surface area (Å²) in [7, 11) is 2.19. The van der Waals surface area contributed by atoms with Crippen molar-refractivity contribution in [3.8, 4) is 0 Å². The van der Waals surface area contributed by atoms with Crippen molar-refractivity contribution in [2.45, 2.75) is 18.1 Å². The summed E-state index contributed by atoms with van der Waals surface area (Å²) >= 11 is 0. The van der Waals surface area contributed by atoms with Crippen LogP contribution < -0.4 is 0 Å². The van der Waals surface area contributed by atoms with E-state index in [0.717, 1.165) is 14.2 Å². The van der Waals surface area contributed by atoms with Crippen LogP contribution in [0.4, 0.5) is 5.69 Å². The highest BCUT2D eigenvalue weighted by molar-refractivity contribution is 5.88. The number of carbonyl (C=O) groups excluding carboxylic acids is 2. The molecular weight excluding hydrogens is 322 g/mol. The number of hydrogen-bond acceptors (Lipinski definition) is 8. The lowest BCUT2D eigenvalue weighted by atomic mass is 9.88. The summed E-state index contributed by atoms with van der Waals surface area (Å²) < 4.78 is 14.1. The van der Waals surface area contributed by atoms with Crippen LogP contribution in [0.25, 0.3) is 0 Å². The van der Waals surface area contributed by atoms with Gasteiger partial charge in [0.15, 0.2) is 0 Å². The van der Waals surface area contributed by atoms with Crippen LogP contribution in [0.3, 0.4) is 0 Å². The molecule has 1 aliphatic heterocycles. The SMILES string of the molecule is COC(=O)C1=C[C@H](c2ccc([N+](=O)[O-])cc2)C[C@](O)(C(=O)OC)O1. The van der Waals surface area contributed by atoms with E-state index in [0.29, 0.717) is 5.56 Å². The first-order valence-corrected chi connectivity index (χ1v) is 6.85. The molecule has 9 heteroatoms. The lowest BCUT2D eigenvalue weighted by Crippen LogP contribution is -2.46. The zero-order valence-corrected chi connectivity index (χ0v) is 12.9. The minimum absolute atomic E-state index is 0.105.